The molecule has 1 aliphatic rings. The lowest BCUT2D eigenvalue weighted by molar-refractivity contribution is -0.123. The van der Waals surface area contributed by atoms with E-state index >= 15 is 0 Å². The van der Waals surface area contributed by atoms with Gasteiger partial charge in [0.05, 0.1) is 6.61 Å². The fourth-order valence-electron chi connectivity index (χ4n) is 3.12. The first-order valence-electron chi connectivity index (χ1n) is 8.00. The number of hydrogen-bond acceptors (Lipinski definition) is 2. The van der Waals surface area contributed by atoms with Crippen LogP contribution < -0.4 is 4.74 Å². The van der Waals surface area contributed by atoms with E-state index in [2.05, 4.69) is 26.0 Å². The number of ether oxygens (including phenoxy) is 1. The number of hydrogen-bond donors (Lipinski definition) is 0. The molecule has 1 aliphatic carbocycles. The van der Waals surface area contributed by atoms with Gasteiger partial charge in [-0.1, -0.05) is 38.8 Å². The van der Waals surface area contributed by atoms with Gasteiger partial charge in [0.2, 0.25) is 0 Å². The van der Waals surface area contributed by atoms with Gasteiger partial charge < -0.3 is 4.74 Å². The van der Waals surface area contributed by atoms with Crippen molar-refractivity contribution in [3.05, 3.63) is 29.8 Å². The summed E-state index contributed by atoms with van der Waals surface area (Å²) < 4.78 is 5.59. The molecule has 0 N–H and O–H groups in total. The van der Waals surface area contributed by atoms with Crippen molar-refractivity contribution in [2.45, 2.75) is 58.3 Å². The molecule has 20 heavy (non-hydrogen) atoms. The van der Waals surface area contributed by atoms with E-state index in [1.165, 1.54) is 19.3 Å². The Morgan fingerprint density at radius 2 is 1.85 bits per heavy atom. The zero-order valence-corrected chi connectivity index (χ0v) is 12.7. The van der Waals surface area contributed by atoms with E-state index in [4.69, 9.17) is 4.74 Å². The van der Waals surface area contributed by atoms with Crippen molar-refractivity contribution in [1.82, 2.24) is 0 Å². The molecule has 0 amide bonds. The maximum Gasteiger partial charge on any atom is 0.140 e. The minimum atomic E-state index is 0.114. The molecule has 1 aromatic carbocycles. The molecule has 0 saturated heterocycles. The smallest absolute Gasteiger partial charge is 0.140 e. The highest BCUT2D eigenvalue weighted by Gasteiger charge is 2.28. The van der Waals surface area contributed by atoms with Crippen LogP contribution in [-0.4, -0.2) is 12.4 Å². The Kier molecular flexibility index (Phi) is 5.63. The third-order valence-corrected chi connectivity index (χ3v) is 4.19. The van der Waals surface area contributed by atoms with E-state index in [-0.39, 0.29) is 5.92 Å². The monoisotopic (exact) mass is 274 g/mol. The lowest BCUT2D eigenvalue weighted by Gasteiger charge is -2.27. The van der Waals surface area contributed by atoms with E-state index in [0.29, 0.717) is 11.7 Å². The van der Waals surface area contributed by atoms with Crippen LogP contribution in [0.1, 0.15) is 63.9 Å². The summed E-state index contributed by atoms with van der Waals surface area (Å²) in [5.41, 5.74) is 1.16. The Balaban J connectivity index is 1.96. The van der Waals surface area contributed by atoms with Crippen LogP contribution in [0.15, 0.2) is 24.3 Å². The molecule has 1 saturated carbocycles. The quantitative estimate of drug-likeness (QED) is 0.749. The van der Waals surface area contributed by atoms with Crippen molar-refractivity contribution in [3.8, 4) is 5.75 Å². The number of Topliss-reactive ketones (excluding diaryl/α,β-unsaturated/α-hetero) is 1. The first-order chi connectivity index (χ1) is 9.74. The third-order valence-electron chi connectivity index (χ3n) is 4.19. The summed E-state index contributed by atoms with van der Waals surface area (Å²) in [6.07, 6.45) is 6.37. The molecule has 0 aromatic heterocycles. The zero-order valence-electron chi connectivity index (χ0n) is 12.7. The summed E-state index contributed by atoms with van der Waals surface area (Å²) >= 11 is 0. The molecule has 0 unspecified atom stereocenters. The van der Waals surface area contributed by atoms with Crippen molar-refractivity contribution < 1.29 is 9.53 Å². The third kappa shape index (κ3) is 3.84. The summed E-state index contributed by atoms with van der Waals surface area (Å²) in [4.78, 5) is 12.3. The van der Waals surface area contributed by atoms with E-state index in [1.807, 2.05) is 12.1 Å². The Morgan fingerprint density at radius 3 is 2.45 bits per heavy atom. The van der Waals surface area contributed by atoms with Crippen LogP contribution in [0.3, 0.4) is 0 Å². The van der Waals surface area contributed by atoms with Gasteiger partial charge in [-0.15, -0.1) is 0 Å². The fraction of sp³-hybridized carbons (Fsp3) is 0.611. The van der Waals surface area contributed by atoms with E-state index in [9.17, 15) is 4.79 Å². The summed E-state index contributed by atoms with van der Waals surface area (Å²) in [5, 5.41) is 0. The predicted molar refractivity (Wildman–Crippen MR) is 82.2 cm³/mol. The largest absolute Gasteiger partial charge is 0.494 e. The number of carbonyl (C=O) groups is 1. The molecule has 2 nitrogen and oxygen atoms in total. The molecular weight excluding hydrogens is 248 g/mol. The van der Waals surface area contributed by atoms with Gasteiger partial charge in [-0.3, -0.25) is 4.79 Å². The number of ketones is 1. The van der Waals surface area contributed by atoms with E-state index < -0.39 is 0 Å². The van der Waals surface area contributed by atoms with Crippen LogP contribution in [0.4, 0.5) is 0 Å². The topological polar surface area (TPSA) is 26.3 Å². The van der Waals surface area contributed by atoms with Gasteiger partial charge in [0.25, 0.3) is 0 Å². The molecule has 0 spiro atoms. The van der Waals surface area contributed by atoms with E-state index in [1.54, 1.807) is 0 Å². The molecule has 2 heteroatoms. The second-order valence-electron chi connectivity index (χ2n) is 5.87. The van der Waals surface area contributed by atoms with Gasteiger partial charge >= 0.3 is 0 Å². The van der Waals surface area contributed by atoms with Crippen molar-refractivity contribution in [2.75, 3.05) is 6.61 Å². The van der Waals surface area contributed by atoms with Crippen LogP contribution in [0.5, 0.6) is 5.75 Å². The van der Waals surface area contributed by atoms with Crippen molar-refractivity contribution in [2.24, 2.45) is 5.92 Å². The molecule has 1 fully saturated rings. The summed E-state index contributed by atoms with van der Waals surface area (Å²) in [5.74, 6) is 2.07. The van der Waals surface area contributed by atoms with Gasteiger partial charge in [0.1, 0.15) is 11.5 Å². The highest BCUT2D eigenvalue weighted by Crippen LogP contribution is 2.35. The average molecular weight is 274 g/mol. The Hall–Kier alpha value is -1.31. The lowest BCUT2D eigenvalue weighted by Crippen LogP contribution is -2.23. The molecule has 1 aromatic rings. The van der Waals surface area contributed by atoms with Crippen molar-refractivity contribution in [1.29, 1.82) is 0 Å². The van der Waals surface area contributed by atoms with Crippen LogP contribution in [0.25, 0.3) is 0 Å². The second-order valence-corrected chi connectivity index (χ2v) is 5.87. The molecular formula is C18H26O2. The molecule has 0 aliphatic heterocycles. The summed E-state index contributed by atoms with van der Waals surface area (Å²) in [6.45, 7) is 5.05. The molecule has 0 bridgehead atoms. The predicted octanol–water partition coefficient (Wildman–Crippen LogP) is 4.73. The molecule has 0 radical (unpaired) electrons. The first kappa shape index (κ1) is 15.1. The van der Waals surface area contributed by atoms with Crippen molar-refractivity contribution >= 4 is 5.78 Å². The number of benzene rings is 1. The first-order valence-corrected chi connectivity index (χ1v) is 8.00. The highest BCUT2D eigenvalue weighted by molar-refractivity contribution is 5.86. The lowest BCUT2D eigenvalue weighted by atomic mass is 9.76. The molecule has 110 valence electrons. The van der Waals surface area contributed by atoms with Crippen molar-refractivity contribution in [3.63, 3.8) is 0 Å². The number of rotatable bonds is 6. The Bertz CT molecular complexity index is 422. The Labute approximate surface area is 122 Å². The van der Waals surface area contributed by atoms with Crippen LogP contribution in [0, 0.1) is 5.92 Å². The summed E-state index contributed by atoms with van der Waals surface area (Å²) in [7, 11) is 0. The SMILES string of the molecule is CCCOc1ccc([C@H]2CC[C@H](CCC)CC2=O)cc1. The maximum atomic E-state index is 12.3. The Morgan fingerprint density at radius 1 is 1.10 bits per heavy atom. The van der Waals surface area contributed by atoms with Gasteiger partial charge in [-0.2, -0.15) is 0 Å². The van der Waals surface area contributed by atoms with Crippen LogP contribution in [0.2, 0.25) is 0 Å². The second kappa shape index (κ2) is 7.47. The van der Waals surface area contributed by atoms with Crippen LogP contribution >= 0.6 is 0 Å². The van der Waals surface area contributed by atoms with Gasteiger partial charge in [0, 0.05) is 12.3 Å². The molecule has 0 heterocycles. The molecule has 2 atom stereocenters. The highest BCUT2D eigenvalue weighted by atomic mass is 16.5. The maximum absolute atomic E-state index is 12.3. The van der Waals surface area contributed by atoms with Gasteiger partial charge in [0.15, 0.2) is 0 Å². The zero-order chi connectivity index (χ0) is 14.4. The summed E-state index contributed by atoms with van der Waals surface area (Å²) in [6, 6.07) is 8.12. The van der Waals surface area contributed by atoms with Crippen LogP contribution in [-0.2, 0) is 4.79 Å². The average Bonchev–Trinajstić information content (AvgIpc) is 2.46. The standard InChI is InChI=1S/C18H26O2/c1-3-5-14-6-11-17(18(19)13-14)15-7-9-16(10-8-15)20-12-4-2/h7-10,14,17H,3-6,11-13H2,1-2H3/t14-,17+/m0/s1. The van der Waals surface area contributed by atoms with Gasteiger partial charge in [-0.05, 0) is 42.9 Å². The minimum Gasteiger partial charge on any atom is -0.494 e. The van der Waals surface area contributed by atoms with E-state index in [0.717, 1.165) is 37.2 Å². The normalized spacial score (nSPS) is 22.8. The minimum absolute atomic E-state index is 0.114. The number of carbonyl (C=O) groups excluding carboxylic acids is 1. The van der Waals surface area contributed by atoms with Gasteiger partial charge in [-0.25, -0.2) is 0 Å². The fourth-order valence-corrected chi connectivity index (χ4v) is 3.12. The molecule has 2 rings (SSSR count).